The quantitative estimate of drug-likeness (QED) is 0.433. The van der Waals surface area contributed by atoms with Crippen molar-refractivity contribution in [2.24, 2.45) is 10.7 Å². The van der Waals surface area contributed by atoms with Crippen molar-refractivity contribution in [3.05, 3.63) is 58.9 Å². The predicted molar refractivity (Wildman–Crippen MR) is 121 cm³/mol. The number of anilines is 1. The molecule has 0 saturated heterocycles. The van der Waals surface area contributed by atoms with Gasteiger partial charge in [-0.2, -0.15) is 10.1 Å². The van der Waals surface area contributed by atoms with E-state index in [2.05, 4.69) is 15.3 Å². The SMILES string of the molecule is CCn1nc(C)cc1C(=O)N=C1Cc2cc(C(N)=O)ccc2N1C/C=C/CNB(C)O. The van der Waals surface area contributed by atoms with E-state index in [0.29, 0.717) is 43.1 Å². The summed E-state index contributed by atoms with van der Waals surface area (Å²) in [6.45, 7) is 6.99. The fourth-order valence-electron chi connectivity index (χ4n) is 3.49. The van der Waals surface area contributed by atoms with Gasteiger partial charge < -0.3 is 20.9 Å². The Labute approximate surface area is 181 Å². The smallest absolute Gasteiger partial charge is 0.373 e. The van der Waals surface area contributed by atoms with Gasteiger partial charge in [0.05, 0.1) is 5.69 Å². The molecule has 2 amide bonds. The molecule has 1 aromatic carbocycles. The summed E-state index contributed by atoms with van der Waals surface area (Å²) in [5, 5.41) is 16.5. The van der Waals surface area contributed by atoms with Gasteiger partial charge in [0.25, 0.3) is 5.91 Å². The van der Waals surface area contributed by atoms with Crippen LogP contribution in [0.1, 0.15) is 39.0 Å². The lowest BCUT2D eigenvalue weighted by atomic mass is 9.89. The number of benzene rings is 1. The van der Waals surface area contributed by atoms with Gasteiger partial charge in [-0.1, -0.05) is 12.2 Å². The van der Waals surface area contributed by atoms with E-state index >= 15 is 0 Å². The molecule has 162 valence electrons. The Balaban J connectivity index is 1.89. The van der Waals surface area contributed by atoms with E-state index in [1.807, 2.05) is 37.0 Å². The van der Waals surface area contributed by atoms with Crippen LogP contribution in [0.15, 0.2) is 41.4 Å². The minimum atomic E-state index is -0.592. The van der Waals surface area contributed by atoms with Crippen molar-refractivity contribution in [1.82, 2.24) is 15.0 Å². The number of amidine groups is 1. The third-order valence-corrected chi connectivity index (χ3v) is 4.95. The van der Waals surface area contributed by atoms with Gasteiger partial charge in [0, 0.05) is 37.3 Å². The monoisotopic (exact) mass is 422 g/mol. The van der Waals surface area contributed by atoms with Crippen LogP contribution in [0, 0.1) is 6.92 Å². The molecule has 0 fully saturated rings. The van der Waals surface area contributed by atoms with Crippen LogP contribution in [0.25, 0.3) is 0 Å². The number of aryl methyl sites for hydroxylation is 2. The molecule has 0 unspecified atom stereocenters. The summed E-state index contributed by atoms with van der Waals surface area (Å²) in [6, 6.07) is 6.98. The zero-order valence-electron chi connectivity index (χ0n) is 18.0. The molecule has 0 radical (unpaired) electrons. The van der Waals surface area contributed by atoms with Crippen LogP contribution in [-0.2, 0) is 13.0 Å². The molecule has 1 aromatic heterocycles. The lowest BCUT2D eigenvalue weighted by molar-refractivity contribution is 0.0987. The van der Waals surface area contributed by atoms with Gasteiger partial charge in [0.2, 0.25) is 5.91 Å². The van der Waals surface area contributed by atoms with E-state index < -0.39 is 13.0 Å². The molecule has 0 spiro atoms. The summed E-state index contributed by atoms with van der Waals surface area (Å²) < 4.78 is 1.64. The maximum atomic E-state index is 12.9. The molecule has 2 aromatic rings. The summed E-state index contributed by atoms with van der Waals surface area (Å²) in [5.74, 6) is -0.261. The number of nitrogens with two attached hydrogens (primary N) is 1. The maximum absolute atomic E-state index is 12.9. The van der Waals surface area contributed by atoms with Crippen LogP contribution in [0.2, 0.25) is 6.82 Å². The van der Waals surface area contributed by atoms with Crippen LogP contribution in [0.3, 0.4) is 0 Å². The first-order chi connectivity index (χ1) is 14.8. The average molecular weight is 422 g/mol. The Bertz CT molecular complexity index is 1040. The molecule has 1 aliphatic rings. The molecule has 9 nitrogen and oxygen atoms in total. The number of aromatic nitrogens is 2. The molecule has 4 N–H and O–H groups in total. The van der Waals surface area contributed by atoms with Crippen LogP contribution in [0.4, 0.5) is 5.69 Å². The second kappa shape index (κ2) is 9.72. The fraction of sp³-hybridized carbons (Fsp3) is 0.333. The highest BCUT2D eigenvalue weighted by molar-refractivity contribution is 6.45. The molecule has 2 heterocycles. The third-order valence-electron chi connectivity index (χ3n) is 4.95. The Kier molecular flexibility index (Phi) is 7.04. The van der Waals surface area contributed by atoms with Crippen LogP contribution < -0.4 is 15.9 Å². The fourth-order valence-corrected chi connectivity index (χ4v) is 3.49. The number of hydrogen-bond acceptors (Lipinski definition) is 5. The topological polar surface area (TPSA) is 126 Å². The molecular weight excluding hydrogens is 395 g/mol. The summed E-state index contributed by atoms with van der Waals surface area (Å²) in [7, 11) is -0.592. The number of aliphatic imine (C=N–C) groups is 1. The summed E-state index contributed by atoms with van der Waals surface area (Å²) in [6.07, 6.45) is 4.26. The van der Waals surface area contributed by atoms with Gasteiger partial charge in [-0.3, -0.25) is 14.3 Å². The summed E-state index contributed by atoms with van der Waals surface area (Å²) in [5.41, 5.74) is 8.81. The average Bonchev–Trinajstić information content (AvgIpc) is 3.26. The zero-order chi connectivity index (χ0) is 22.5. The number of fused-ring (bicyclic) bond motifs is 1. The molecule has 0 bridgehead atoms. The first-order valence-electron chi connectivity index (χ1n) is 10.2. The Morgan fingerprint density at radius 2 is 2.13 bits per heavy atom. The highest BCUT2D eigenvalue weighted by Gasteiger charge is 2.27. The molecule has 0 aliphatic carbocycles. The second-order valence-corrected chi connectivity index (χ2v) is 7.37. The van der Waals surface area contributed by atoms with Crippen molar-refractivity contribution >= 4 is 30.4 Å². The number of nitrogens with one attached hydrogen (secondary N) is 1. The number of rotatable bonds is 8. The molecular formula is C21H27BN6O3. The number of nitrogens with zero attached hydrogens (tertiary/aromatic N) is 4. The molecule has 10 heteroatoms. The number of hydrogen-bond donors (Lipinski definition) is 3. The van der Waals surface area contributed by atoms with Crippen molar-refractivity contribution in [3.8, 4) is 0 Å². The van der Waals surface area contributed by atoms with Crippen molar-refractivity contribution in [2.75, 3.05) is 18.0 Å². The van der Waals surface area contributed by atoms with E-state index in [1.165, 1.54) is 0 Å². The molecule has 31 heavy (non-hydrogen) atoms. The largest absolute Gasteiger partial charge is 0.437 e. The standard InChI is InChI=1S/C21H27BN6O3/c1-4-28-18(11-14(2)26-28)21(30)25-19-13-16-12-15(20(23)29)7-8-17(16)27(19)10-6-5-9-24-22(3)31/h5-8,11-12,24,31H,4,9-10,13H2,1-3H3,(H2,23,29)/b6-5+,25-19?. The predicted octanol–water partition coefficient (Wildman–Crippen LogP) is 1.17. The van der Waals surface area contributed by atoms with Crippen molar-refractivity contribution in [3.63, 3.8) is 0 Å². The third kappa shape index (κ3) is 5.28. The first-order valence-corrected chi connectivity index (χ1v) is 10.2. The Morgan fingerprint density at radius 3 is 2.81 bits per heavy atom. The van der Waals surface area contributed by atoms with Gasteiger partial charge in [0.1, 0.15) is 11.5 Å². The van der Waals surface area contributed by atoms with E-state index in [-0.39, 0.29) is 5.91 Å². The highest BCUT2D eigenvalue weighted by atomic mass is 16.2. The van der Waals surface area contributed by atoms with E-state index in [9.17, 15) is 14.6 Å². The lowest BCUT2D eigenvalue weighted by Gasteiger charge is -2.18. The number of amides is 2. The van der Waals surface area contributed by atoms with Crippen molar-refractivity contribution in [2.45, 2.75) is 33.6 Å². The van der Waals surface area contributed by atoms with Crippen molar-refractivity contribution in [1.29, 1.82) is 0 Å². The van der Waals surface area contributed by atoms with E-state index in [1.54, 1.807) is 29.7 Å². The normalized spacial score (nSPS) is 14.5. The van der Waals surface area contributed by atoms with E-state index in [4.69, 9.17) is 5.73 Å². The number of primary amides is 1. The zero-order valence-corrected chi connectivity index (χ0v) is 18.0. The second-order valence-electron chi connectivity index (χ2n) is 7.37. The van der Waals surface area contributed by atoms with Crippen LogP contribution in [0.5, 0.6) is 0 Å². The van der Waals surface area contributed by atoms with Gasteiger partial charge in [-0.05, 0) is 50.5 Å². The number of carbonyl (C=O) groups is 2. The maximum Gasteiger partial charge on any atom is 0.373 e. The highest BCUT2D eigenvalue weighted by Crippen LogP contribution is 2.30. The van der Waals surface area contributed by atoms with Crippen LogP contribution in [-0.4, -0.2) is 52.6 Å². The first kappa shape index (κ1) is 22.5. The van der Waals surface area contributed by atoms with Gasteiger partial charge >= 0.3 is 7.05 Å². The molecule has 0 saturated carbocycles. The summed E-state index contributed by atoms with van der Waals surface area (Å²) in [4.78, 5) is 30.8. The van der Waals surface area contributed by atoms with Gasteiger partial charge in [-0.25, -0.2) is 0 Å². The Hall–Kier alpha value is -3.24. The van der Waals surface area contributed by atoms with Gasteiger partial charge in [0.15, 0.2) is 0 Å². The minimum Gasteiger partial charge on any atom is -0.437 e. The Morgan fingerprint density at radius 1 is 1.35 bits per heavy atom. The van der Waals surface area contributed by atoms with Crippen molar-refractivity contribution < 1.29 is 14.6 Å². The number of carbonyl (C=O) groups excluding carboxylic acids is 2. The van der Waals surface area contributed by atoms with Gasteiger partial charge in [-0.15, -0.1) is 0 Å². The molecule has 1 aliphatic heterocycles. The minimum absolute atomic E-state index is 0.356. The molecule has 3 rings (SSSR count). The van der Waals surface area contributed by atoms with Crippen LogP contribution >= 0.6 is 0 Å². The van der Waals surface area contributed by atoms with E-state index in [0.717, 1.165) is 16.9 Å². The lowest BCUT2D eigenvalue weighted by Crippen LogP contribution is -2.31. The molecule has 0 atom stereocenters. The summed E-state index contributed by atoms with van der Waals surface area (Å²) >= 11 is 0.